The average Bonchev–Trinajstić information content (AvgIpc) is 3.27. The van der Waals surface area contributed by atoms with E-state index in [1.165, 1.54) is 11.8 Å². The van der Waals surface area contributed by atoms with Gasteiger partial charge in [0.15, 0.2) is 18.2 Å². The molecular formula is C15H17F2NO4. The van der Waals surface area contributed by atoms with Gasteiger partial charge in [-0.25, -0.2) is 8.78 Å². The molecule has 1 aromatic carbocycles. The maximum atomic E-state index is 13.4. The van der Waals surface area contributed by atoms with Gasteiger partial charge in [0.05, 0.1) is 5.92 Å². The highest BCUT2D eigenvalue weighted by Gasteiger charge is 2.34. The highest BCUT2D eigenvalue weighted by Crippen LogP contribution is 2.28. The molecule has 1 amide bonds. The molecule has 1 unspecified atom stereocenters. The van der Waals surface area contributed by atoms with Crippen LogP contribution in [-0.2, 0) is 9.59 Å². The summed E-state index contributed by atoms with van der Waals surface area (Å²) < 4.78 is 31.3. The standard InChI is InChI=1S/C15H17F2NO4/c1-9(15(20)21)7-18(11-3-4-11)14(19)8-22-13-5-2-10(16)6-12(13)17/h2,5-6,9,11H,3-4,7-8H2,1H3,(H,20,21). The smallest absolute Gasteiger partial charge is 0.308 e. The zero-order valence-corrected chi connectivity index (χ0v) is 12.1. The van der Waals surface area contributed by atoms with E-state index >= 15 is 0 Å². The van der Waals surface area contributed by atoms with Crippen LogP contribution in [0.1, 0.15) is 19.8 Å². The van der Waals surface area contributed by atoms with E-state index in [0.29, 0.717) is 6.07 Å². The lowest BCUT2D eigenvalue weighted by Crippen LogP contribution is -2.41. The summed E-state index contributed by atoms with van der Waals surface area (Å²) in [7, 11) is 0. The molecule has 0 saturated heterocycles. The van der Waals surface area contributed by atoms with Crippen molar-refractivity contribution < 1.29 is 28.2 Å². The zero-order valence-electron chi connectivity index (χ0n) is 12.1. The van der Waals surface area contributed by atoms with Gasteiger partial charge in [-0.05, 0) is 25.0 Å². The predicted octanol–water partition coefficient (Wildman–Crippen LogP) is 2.06. The monoisotopic (exact) mass is 313 g/mol. The minimum atomic E-state index is -0.982. The molecule has 1 aliphatic rings. The van der Waals surface area contributed by atoms with Crippen LogP contribution >= 0.6 is 0 Å². The SMILES string of the molecule is CC(CN(C(=O)COc1ccc(F)cc1F)C1CC1)C(=O)O. The highest BCUT2D eigenvalue weighted by molar-refractivity contribution is 5.79. The number of halogens is 2. The maximum Gasteiger partial charge on any atom is 0.308 e. The van der Waals surface area contributed by atoms with Gasteiger partial charge < -0.3 is 14.7 Å². The van der Waals surface area contributed by atoms with E-state index in [0.717, 1.165) is 25.0 Å². The Morgan fingerprint density at radius 1 is 1.41 bits per heavy atom. The summed E-state index contributed by atoms with van der Waals surface area (Å²) in [5.74, 6) is -3.90. The van der Waals surface area contributed by atoms with Crippen LogP contribution in [0.3, 0.4) is 0 Å². The highest BCUT2D eigenvalue weighted by atomic mass is 19.1. The Hall–Kier alpha value is -2.18. The Bertz CT molecular complexity index is 575. The molecule has 5 nitrogen and oxygen atoms in total. The third-order valence-corrected chi connectivity index (χ3v) is 3.45. The van der Waals surface area contributed by atoms with Crippen molar-refractivity contribution in [3.05, 3.63) is 29.8 Å². The fraction of sp³-hybridized carbons (Fsp3) is 0.467. The molecule has 0 aromatic heterocycles. The summed E-state index contributed by atoms with van der Waals surface area (Å²) in [5.41, 5.74) is 0. The third kappa shape index (κ3) is 4.16. The molecule has 0 radical (unpaired) electrons. The molecule has 0 aliphatic heterocycles. The lowest BCUT2D eigenvalue weighted by Gasteiger charge is -2.24. The fourth-order valence-corrected chi connectivity index (χ4v) is 2.03. The minimum Gasteiger partial charge on any atom is -0.481 e. The molecular weight excluding hydrogens is 296 g/mol. The van der Waals surface area contributed by atoms with Crippen LogP contribution in [0.5, 0.6) is 5.75 Å². The number of rotatable bonds is 7. The van der Waals surface area contributed by atoms with Crippen LogP contribution in [0.4, 0.5) is 8.78 Å². The number of carbonyl (C=O) groups is 2. The molecule has 0 heterocycles. The van der Waals surface area contributed by atoms with E-state index in [4.69, 9.17) is 9.84 Å². The summed E-state index contributed by atoms with van der Waals surface area (Å²) in [6.45, 7) is 1.20. The van der Waals surface area contributed by atoms with Gasteiger partial charge in [0.2, 0.25) is 0 Å². The minimum absolute atomic E-state index is 0.0240. The number of carbonyl (C=O) groups excluding carboxylic acids is 1. The molecule has 1 saturated carbocycles. The fourth-order valence-electron chi connectivity index (χ4n) is 2.03. The second-order valence-electron chi connectivity index (χ2n) is 5.38. The number of hydrogen-bond donors (Lipinski definition) is 1. The molecule has 1 aromatic rings. The first-order valence-electron chi connectivity index (χ1n) is 6.98. The molecule has 0 spiro atoms. The Kier molecular flexibility index (Phi) is 4.95. The number of aliphatic carboxylic acids is 1. The first-order valence-corrected chi connectivity index (χ1v) is 6.98. The van der Waals surface area contributed by atoms with Crippen LogP contribution in [0.15, 0.2) is 18.2 Å². The van der Waals surface area contributed by atoms with Crippen molar-refractivity contribution in [2.24, 2.45) is 5.92 Å². The van der Waals surface area contributed by atoms with Gasteiger partial charge in [-0.15, -0.1) is 0 Å². The molecule has 7 heteroatoms. The van der Waals surface area contributed by atoms with Crippen molar-refractivity contribution in [1.82, 2.24) is 4.90 Å². The van der Waals surface area contributed by atoms with Crippen molar-refractivity contribution in [2.75, 3.05) is 13.2 Å². The van der Waals surface area contributed by atoms with Gasteiger partial charge in [-0.1, -0.05) is 6.92 Å². The Morgan fingerprint density at radius 3 is 2.64 bits per heavy atom. The largest absolute Gasteiger partial charge is 0.481 e. The molecule has 0 bridgehead atoms. The van der Waals surface area contributed by atoms with Crippen LogP contribution in [-0.4, -0.2) is 41.1 Å². The molecule has 1 atom stereocenters. The first-order chi connectivity index (χ1) is 10.4. The Labute approximate surface area is 126 Å². The second kappa shape index (κ2) is 6.72. The number of hydrogen-bond acceptors (Lipinski definition) is 3. The van der Waals surface area contributed by atoms with Crippen molar-refractivity contribution in [2.45, 2.75) is 25.8 Å². The number of amides is 1. The number of carboxylic acids is 1. The second-order valence-corrected chi connectivity index (χ2v) is 5.38. The van der Waals surface area contributed by atoms with Crippen LogP contribution < -0.4 is 4.74 Å². The summed E-state index contributed by atoms with van der Waals surface area (Å²) in [6, 6.07) is 2.84. The first kappa shape index (κ1) is 16.2. The van der Waals surface area contributed by atoms with Crippen molar-refractivity contribution in [3.8, 4) is 5.75 Å². The predicted molar refractivity (Wildman–Crippen MR) is 73.4 cm³/mol. The lowest BCUT2D eigenvalue weighted by atomic mass is 10.1. The van der Waals surface area contributed by atoms with Crippen LogP contribution in [0.2, 0.25) is 0 Å². The van der Waals surface area contributed by atoms with E-state index in [2.05, 4.69) is 0 Å². The molecule has 2 rings (SSSR count). The van der Waals surface area contributed by atoms with Gasteiger partial charge in [0.1, 0.15) is 5.82 Å². The topological polar surface area (TPSA) is 66.8 Å². The maximum absolute atomic E-state index is 13.4. The van der Waals surface area contributed by atoms with E-state index in [9.17, 15) is 18.4 Å². The molecule has 22 heavy (non-hydrogen) atoms. The zero-order chi connectivity index (χ0) is 16.3. The number of ether oxygens (including phenoxy) is 1. The third-order valence-electron chi connectivity index (χ3n) is 3.45. The number of benzene rings is 1. The number of carboxylic acid groups (broad SMARTS) is 1. The summed E-state index contributed by atoms with van der Waals surface area (Å²) in [6.07, 6.45) is 1.64. The van der Waals surface area contributed by atoms with Gasteiger partial charge in [0.25, 0.3) is 5.91 Å². The molecule has 1 N–H and O–H groups in total. The van der Waals surface area contributed by atoms with E-state index in [1.807, 2.05) is 0 Å². The van der Waals surface area contributed by atoms with Gasteiger partial charge in [0, 0.05) is 18.7 Å². The van der Waals surface area contributed by atoms with Crippen LogP contribution in [0.25, 0.3) is 0 Å². The van der Waals surface area contributed by atoms with Crippen molar-refractivity contribution in [1.29, 1.82) is 0 Å². The average molecular weight is 313 g/mol. The quantitative estimate of drug-likeness (QED) is 0.836. The van der Waals surface area contributed by atoms with Gasteiger partial charge in [-0.2, -0.15) is 0 Å². The summed E-state index contributed by atoms with van der Waals surface area (Å²) in [4.78, 5) is 24.5. The normalized spacial score (nSPS) is 15.2. The van der Waals surface area contributed by atoms with Crippen molar-refractivity contribution in [3.63, 3.8) is 0 Å². The van der Waals surface area contributed by atoms with Crippen molar-refractivity contribution >= 4 is 11.9 Å². The van der Waals surface area contributed by atoms with E-state index in [1.54, 1.807) is 0 Å². The van der Waals surface area contributed by atoms with E-state index in [-0.39, 0.29) is 18.3 Å². The lowest BCUT2D eigenvalue weighted by molar-refractivity contribution is -0.143. The van der Waals surface area contributed by atoms with Gasteiger partial charge in [-0.3, -0.25) is 9.59 Å². The summed E-state index contributed by atoms with van der Waals surface area (Å²) in [5, 5.41) is 8.93. The molecule has 120 valence electrons. The molecule has 1 aliphatic carbocycles. The van der Waals surface area contributed by atoms with E-state index < -0.39 is 36.0 Å². The number of nitrogens with zero attached hydrogens (tertiary/aromatic N) is 1. The van der Waals surface area contributed by atoms with Gasteiger partial charge >= 0.3 is 5.97 Å². The van der Waals surface area contributed by atoms with Crippen LogP contribution in [0, 0.1) is 17.6 Å². The molecule has 1 fully saturated rings. The summed E-state index contributed by atoms with van der Waals surface area (Å²) >= 11 is 0. The Morgan fingerprint density at radius 2 is 2.09 bits per heavy atom. The Balaban J connectivity index is 1.95.